The topological polar surface area (TPSA) is 76.1 Å². The van der Waals surface area contributed by atoms with Crippen LogP contribution in [-0.2, 0) is 4.79 Å². The van der Waals surface area contributed by atoms with Crippen LogP contribution in [0.3, 0.4) is 0 Å². The molecule has 0 saturated carbocycles. The Morgan fingerprint density at radius 2 is 1.73 bits per heavy atom. The number of para-hydroxylation sites is 1. The molecule has 1 fully saturated rings. The van der Waals surface area contributed by atoms with Gasteiger partial charge in [0.15, 0.2) is 0 Å². The number of hydrogen-bond acceptors (Lipinski definition) is 6. The Labute approximate surface area is 153 Å². The molecule has 7 heteroatoms. The molecule has 2 heterocycles. The van der Waals surface area contributed by atoms with Crippen LogP contribution in [0.25, 0.3) is 0 Å². The number of β-amino-alcohol motifs (C(OH)–C–C–N with tert-alkyl or cyclic N) is 1. The third-order valence-corrected chi connectivity index (χ3v) is 4.99. The second kappa shape index (κ2) is 8.44. The summed E-state index contributed by atoms with van der Waals surface area (Å²) in [5, 5.41) is 12.1. The fourth-order valence-corrected chi connectivity index (χ4v) is 3.39. The second-order valence-corrected chi connectivity index (χ2v) is 6.63. The number of carbonyl (C=O) groups is 2. The maximum absolute atomic E-state index is 12.6. The van der Waals surface area contributed by atoms with Crippen molar-refractivity contribution in [1.82, 2.24) is 15.1 Å². The molecule has 3 rings (SSSR count). The number of hydrogen-bond donors (Lipinski definition) is 2. The average molecular weight is 358 g/mol. The first kappa shape index (κ1) is 18.6. The highest BCUT2D eigenvalue weighted by Gasteiger charge is 2.32. The van der Waals surface area contributed by atoms with E-state index in [0.717, 1.165) is 39.3 Å². The molecule has 0 bridgehead atoms. The third-order valence-electron chi connectivity index (χ3n) is 4.99. The first-order chi connectivity index (χ1) is 12.6. The smallest absolute Gasteiger partial charge is 0.263 e. The molecule has 2 aliphatic heterocycles. The maximum Gasteiger partial charge on any atom is 0.263 e. The van der Waals surface area contributed by atoms with Crippen LogP contribution >= 0.6 is 0 Å². The molecule has 26 heavy (non-hydrogen) atoms. The lowest BCUT2D eigenvalue weighted by Gasteiger charge is -2.34. The number of likely N-dealkylation sites (N-methyl/N-ethyl adjacent to an activating group) is 1. The minimum atomic E-state index is -0.279. The Hall–Kier alpha value is -2.22. The summed E-state index contributed by atoms with van der Waals surface area (Å²) in [4.78, 5) is 31.1. The zero-order valence-corrected chi connectivity index (χ0v) is 15.1. The van der Waals surface area contributed by atoms with Gasteiger partial charge in [0.1, 0.15) is 5.57 Å². The Bertz CT molecular complexity index is 696. The van der Waals surface area contributed by atoms with Crippen molar-refractivity contribution in [3.05, 3.63) is 41.6 Å². The number of nitrogens with one attached hydrogen (secondary N) is 1. The van der Waals surface area contributed by atoms with Gasteiger partial charge in [-0.15, -0.1) is 0 Å². The van der Waals surface area contributed by atoms with E-state index < -0.39 is 0 Å². The van der Waals surface area contributed by atoms with E-state index in [4.69, 9.17) is 5.11 Å². The Kier molecular flexibility index (Phi) is 6.03. The largest absolute Gasteiger partial charge is 0.395 e. The van der Waals surface area contributed by atoms with Gasteiger partial charge in [-0.05, 0) is 12.1 Å². The summed E-state index contributed by atoms with van der Waals surface area (Å²) in [6, 6.07) is 7.16. The van der Waals surface area contributed by atoms with Crippen LogP contribution in [0, 0.1) is 0 Å². The van der Waals surface area contributed by atoms with Crippen molar-refractivity contribution in [2.45, 2.75) is 0 Å². The molecule has 0 atom stereocenters. The third kappa shape index (κ3) is 3.95. The molecule has 0 unspecified atom stereocenters. The van der Waals surface area contributed by atoms with Crippen LogP contribution in [-0.4, -0.2) is 86.1 Å². The van der Waals surface area contributed by atoms with E-state index in [-0.39, 0.29) is 23.9 Å². The number of aliphatic hydroxyl groups excluding tert-OH is 1. The lowest BCUT2D eigenvalue weighted by Crippen LogP contribution is -2.48. The van der Waals surface area contributed by atoms with Crippen LogP contribution in [0.15, 0.2) is 36.0 Å². The van der Waals surface area contributed by atoms with Gasteiger partial charge in [0, 0.05) is 64.6 Å². The molecule has 140 valence electrons. The van der Waals surface area contributed by atoms with Crippen LogP contribution in [0.1, 0.15) is 10.4 Å². The summed E-state index contributed by atoms with van der Waals surface area (Å²) in [6.07, 6.45) is 1.55. The molecule has 0 radical (unpaired) electrons. The summed E-state index contributed by atoms with van der Waals surface area (Å²) < 4.78 is 0. The van der Waals surface area contributed by atoms with Crippen LogP contribution < -0.4 is 10.2 Å². The number of rotatable bonds is 6. The number of benzene rings is 1. The van der Waals surface area contributed by atoms with E-state index in [1.54, 1.807) is 25.4 Å². The van der Waals surface area contributed by atoms with E-state index >= 15 is 0 Å². The fraction of sp³-hybridized carbons (Fsp3) is 0.474. The summed E-state index contributed by atoms with van der Waals surface area (Å²) in [6.45, 7) is 6.31. The van der Waals surface area contributed by atoms with Gasteiger partial charge in [0.05, 0.1) is 12.3 Å². The van der Waals surface area contributed by atoms with E-state index in [9.17, 15) is 9.59 Å². The highest BCUT2D eigenvalue weighted by molar-refractivity contribution is 6.34. The Balaban J connectivity index is 1.53. The maximum atomic E-state index is 12.6. The molecule has 0 aliphatic carbocycles. The summed E-state index contributed by atoms with van der Waals surface area (Å²) >= 11 is 0. The second-order valence-electron chi connectivity index (χ2n) is 6.63. The number of Topliss-reactive ketones (excluding diaryl/α,β-unsaturated/α-hetero) is 1. The predicted molar refractivity (Wildman–Crippen MR) is 100 cm³/mol. The van der Waals surface area contributed by atoms with Gasteiger partial charge < -0.3 is 15.3 Å². The van der Waals surface area contributed by atoms with Crippen molar-refractivity contribution < 1.29 is 14.7 Å². The van der Waals surface area contributed by atoms with Crippen molar-refractivity contribution in [2.24, 2.45) is 0 Å². The first-order valence-electron chi connectivity index (χ1n) is 9.02. The number of fused-ring (bicyclic) bond motifs is 1. The number of aliphatic hydroxyl groups is 1. The van der Waals surface area contributed by atoms with Crippen LogP contribution in [0.5, 0.6) is 0 Å². The van der Waals surface area contributed by atoms with Gasteiger partial charge in [-0.1, -0.05) is 12.1 Å². The van der Waals surface area contributed by atoms with Crippen molar-refractivity contribution >= 4 is 17.4 Å². The molecule has 1 aromatic carbocycles. The quantitative estimate of drug-likeness (QED) is 0.421. The SMILES string of the molecule is CN1C(=O)/C(=C/NCCN2CCN(CCO)CC2)C(=O)c2ccccc21. The minimum Gasteiger partial charge on any atom is -0.395 e. The van der Waals surface area contributed by atoms with E-state index in [1.807, 2.05) is 12.1 Å². The number of anilines is 1. The first-order valence-corrected chi connectivity index (χ1v) is 9.02. The molecule has 1 aromatic rings. The number of amides is 1. The highest BCUT2D eigenvalue weighted by atomic mass is 16.3. The van der Waals surface area contributed by atoms with Crippen molar-refractivity contribution in [1.29, 1.82) is 0 Å². The molecule has 1 saturated heterocycles. The predicted octanol–water partition coefficient (Wildman–Crippen LogP) is -0.0709. The van der Waals surface area contributed by atoms with Gasteiger partial charge in [-0.25, -0.2) is 0 Å². The number of carbonyl (C=O) groups excluding carboxylic acids is 2. The van der Waals surface area contributed by atoms with Gasteiger partial charge in [0.2, 0.25) is 5.78 Å². The fourth-order valence-electron chi connectivity index (χ4n) is 3.39. The minimum absolute atomic E-state index is 0.180. The molecule has 0 spiro atoms. The Morgan fingerprint density at radius 1 is 1.08 bits per heavy atom. The summed E-state index contributed by atoms with van der Waals surface area (Å²) in [5.41, 5.74) is 1.39. The normalized spacial score (nSPS) is 20.5. The van der Waals surface area contributed by atoms with E-state index in [1.165, 1.54) is 4.90 Å². The highest BCUT2D eigenvalue weighted by Crippen LogP contribution is 2.28. The monoisotopic (exact) mass is 358 g/mol. The van der Waals surface area contributed by atoms with Crippen molar-refractivity contribution in [2.75, 3.05) is 64.4 Å². The van der Waals surface area contributed by atoms with E-state index in [0.29, 0.717) is 17.8 Å². The zero-order chi connectivity index (χ0) is 18.5. The number of piperazine rings is 1. The molecule has 7 nitrogen and oxygen atoms in total. The lowest BCUT2D eigenvalue weighted by molar-refractivity contribution is -0.114. The van der Waals surface area contributed by atoms with Crippen molar-refractivity contribution in [3.8, 4) is 0 Å². The zero-order valence-electron chi connectivity index (χ0n) is 15.1. The molecular weight excluding hydrogens is 332 g/mol. The van der Waals surface area contributed by atoms with Gasteiger partial charge in [-0.3, -0.25) is 19.4 Å². The average Bonchev–Trinajstić information content (AvgIpc) is 2.67. The van der Waals surface area contributed by atoms with Crippen LogP contribution in [0.2, 0.25) is 0 Å². The molecule has 1 amide bonds. The summed E-state index contributed by atoms with van der Waals surface area (Å²) in [7, 11) is 1.69. The lowest BCUT2D eigenvalue weighted by atomic mass is 9.96. The van der Waals surface area contributed by atoms with Gasteiger partial charge in [-0.2, -0.15) is 0 Å². The molecule has 2 aliphatic rings. The van der Waals surface area contributed by atoms with Gasteiger partial charge in [0.25, 0.3) is 5.91 Å². The van der Waals surface area contributed by atoms with Crippen molar-refractivity contribution in [3.63, 3.8) is 0 Å². The molecule has 2 N–H and O–H groups in total. The number of ketones is 1. The molecule has 0 aromatic heterocycles. The summed E-state index contributed by atoms with van der Waals surface area (Å²) in [5.74, 6) is -0.507. The van der Waals surface area contributed by atoms with Gasteiger partial charge >= 0.3 is 0 Å². The Morgan fingerprint density at radius 3 is 2.42 bits per heavy atom. The molecular formula is C19H26N4O3. The number of nitrogens with zero attached hydrogens (tertiary/aromatic N) is 3. The van der Waals surface area contributed by atoms with E-state index in [2.05, 4.69) is 15.1 Å². The standard InChI is InChI=1S/C19H26N4O3/c1-21-17-5-3-2-4-15(17)18(25)16(19(21)26)14-20-6-7-22-8-10-23(11-9-22)12-13-24/h2-5,14,20,24H,6-13H2,1H3/b16-14+. The van der Waals surface area contributed by atoms with Crippen LogP contribution in [0.4, 0.5) is 5.69 Å².